The summed E-state index contributed by atoms with van der Waals surface area (Å²) >= 11 is 0. The van der Waals surface area contributed by atoms with Crippen LogP contribution in [-0.4, -0.2) is 55.3 Å². The van der Waals surface area contributed by atoms with Gasteiger partial charge in [-0.25, -0.2) is 4.79 Å². The van der Waals surface area contributed by atoms with Crippen LogP contribution in [0.1, 0.15) is 22.0 Å². The van der Waals surface area contributed by atoms with Crippen molar-refractivity contribution in [2.75, 3.05) is 27.9 Å². The van der Waals surface area contributed by atoms with Gasteiger partial charge in [0.1, 0.15) is 6.10 Å². The Morgan fingerprint density at radius 2 is 1.70 bits per heavy atom. The van der Waals surface area contributed by atoms with Gasteiger partial charge in [0.25, 0.3) is 0 Å². The number of benzene rings is 2. The number of rotatable bonds is 8. The molecule has 0 saturated carbocycles. The summed E-state index contributed by atoms with van der Waals surface area (Å²) in [5, 5.41) is 29.9. The molecule has 0 spiro atoms. The molecule has 2 aromatic carbocycles. The lowest BCUT2D eigenvalue weighted by Gasteiger charge is -2.24. The predicted molar refractivity (Wildman–Crippen MR) is 95.5 cm³/mol. The van der Waals surface area contributed by atoms with E-state index in [1.807, 2.05) is 0 Å². The summed E-state index contributed by atoms with van der Waals surface area (Å²) in [5.74, 6) is 0.0499. The number of aliphatic hydroxyl groups excluding tert-OH is 2. The molecule has 8 nitrogen and oxygen atoms in total. The summed E-state index contributed by atoms with van der Waals surface area (Å²) in [5.41, 5.74) is 0.653. The number of ether oxygens (including phenoxy) is 4. The van der Waals surface area contributed by atoms with Gasteiger partial charge in [0.05, 0.1) is 33.5 Å². The zero-order chi connectivity index (χ0) is 20.0. The third-order valence-electron chi connectivity index (χ3n) is 3.94. The third-order valence-corrected chi connectivity index (χ3v) is 3.94. The van der Waals surface area contributed by atoms with Crippen molar-refractivity contribution in [1.29, 1.82) is 0 Å². The highest BCUT2D eigenvalue weighted by molar-refractivity contribution is 5.90. The Morgan fingerprint density at radius 3 is 2.30 bits per heavy atom. The first kappa shape index (κ1) is 20.3. The molecular weight excluding hydrogens is 356 g/mol. The number of hydrogen-bond donors (Lipinski definition) is 3. The van der Waals surface area contributed by atoms with Crippen molar-refractivity contribution in [2.24, 2.45) is 0 Å². The lowest BCUT2D eigenvalue weighted by atomic mass is 10.0. The minimum absolute atomic E-state index is 0.0741. The molecular formula is C19H22O8. The Balaban J connectivity index is 2.27. The maximum atomic E-state index is 11.6. The summed E-state index contributed by atoms with van der Waals surface area (Å²) in [6, 6.07) is 8.71. The number of aromatic hydroxyl groups is 1. The molecule has 3 N–H and O–H groups in total. The summed E-state index contributed by atoms with van der Waals surface area (Å²) in [4.78, 5) is 11.6. The van der Waals surface area contributed by atoms with Gasteiger partial charge in [0, 0.05) is 0 Å². The van der Waals surface area contributed by atoms with Crippen molar-refractivity contribution >= 4 is 5.97 Å². The van der Waals surface area contributed by atoms with Gasteiger partial charge in [0.15, 0.2) is 29.1 Å². The lowest BCUT2D eigenvalue weighted by Crippen LogP contribution is -2.29. The fourth-order valence-electron chi connectivity index (χ4n) is 2.47. The zero-order valence-electron chi connectivity index (χ0n) is 15.2. The molecule has 146 valence electrons. The van der Waals surface area contributed by atoms with E-state index in [1.54, 1.807) is 0 Å². The zero-order valence-corrected chi connectivity index (χ0v) is 15.2. The van der Waals surface area contributed by atoms with E-state index >= 15 is 0 Å². The second-order valence-corrected chi connectivity index (χ2v) is 5.57. The van der Waals surface area contributed by atoms with Crippen molar-refractivity contribution in [3.8, 4) is 23.0 Å². The lowest BCUT2D eigenvalue weighted by molar-refractivity contribution is -0.000544. The summed E-state index contributed by atoms with van der Waals surface area (Å²) in [6.07, 6.45) is -2.24. The number of phenolic OH excluding ortho intramolecular Hbond substituents is 1. The Labute approximate surface area is 156 Å². The molecule has 0 heterocycles. The minimum Gasteiger partial charge on any atom is -0.504 e. The quantitative estimate of drug-likeness (QED) is 0.594. The summed E-state index contributed by atoms with van der Waals surface area (Å²) in [6.45, 7) is -0.494. The van der Waals surface area contributed by atoms with Gasteiger partial charge in [-0.3, -0.25) is 0 Å². The highest BCUT2D eigenvalue weighted by Gasteiger charge is 2.25. The number of aliphatic hydroxyl groups is 2. The van der Waals surface area contributed by atoms with E-state index in [0.29, 0.717) is 5.56 Å². The van der Waals surface area contributed by atoms with Crippen molar-refractivity contribution in [3.63, 3.8) is 0 Å². The second kappa shape index (κ2) is 9.11. The molecule has 27 heavy (non-hydrogen) atoms. The molecule has 8 heteroatoms. The van der Waals surface area contributed by atoms with Crippen molar-refractivity contribution in [2.45, 2.75) is 12.2 Å². The number of phenols is 1. The maximum Gasteiger partial charge on any atom is 0.337 e. The molecule has 2 atom stereocenters. The molecule has 0 fully saturated rings. The van der Waals surface area contributed by atoms with Gasteiger partial charge in [-0.15, -0.1) is 0 Å². The molecule has 0 aliphatic heterocycles. The van der Waals surface area contributed by atoms with Crippen LogP contribution in [0, 0.1) is 0 Å². The topological polar surface area (TPSA) is 115 Å². The number of carbonyl (C=O) groups excluding carboxylic acids is 1. The van der Waals surface area contributed by atoms with Crippen LogP contribution >= 0.6 is 0 Å². The van der Waals surface area contributed by atoms with Crippen molar-refractivity contribution < 1.29 is 39.1 Å². The molecule has 0 bridgehead atoms. The first-order valence-corrected chi connectivity index (χ1v) is 8.04. The second-order valence-electron chi connectivity index (χ2n) is 5.57. The van der Waals surface area contributed by atoms with E-state index < -0.39 is 24.8 Å². The first-order chi connectivity index (χ1) is 12.9. The molecule has 0 aliphatic carbocycles. The Morgan fingerprint density at radius 1 is 1.00 bits per heavy atom. The SMILES string of the molecule is COC(=O)c1ccc(O[C@H](CO)[C@@H](O)c2ccc(O)c(OC)c2)c(OC)c1. The Kier molecular flexibility index (Phi) is 6.86. The van der Waals surface area contributed by atoms with E-state index in [1.165, 1.54) is 57.7 Å². The highest BCUT2D eigenvalue weighted by Crippen LogP contribution is 2.34. The Hall–Kier alpha value is -2.97. The van der Waals surface area contributed by atoms with E-state index in [9.17, 15) is 20.1 Å². The largest absolute Gasteiger partial charge is 0.504 e. The standard InChI is InChI=1S/C19H22O8/c1-24-15-8-11(4-6-13(15)21)18(22)17(10-20)27-14-7-5-12(19(23)26-3)9-16(14)25-2/h4-9,17-18,20-22H,10H2,1-3H3/t17-,18+/m1/s1. The van der Waals surface area contributed by atoms with Gasteiger partial charge in [0.2, 0.25) is 0 Å². The first-order valence-electron chi connectivity index (χ1n) is 8.04. The third kappa shape index (κ3) is 4.60. The molecule has 0 radical (unpaired) electrons. The molecule has 0 unspecified atom stereocenters. The number of hydrogen-bond acceptors (Lipinski definition) is 8. The number of carbonyl (C=O) groups is 1. The average Bonchev–Trinajstić information content (AvgIpc) is 2.71. The monoisotopic (exact) mass is 378 g/mol. The van der Waals surface area contributed by atoms with E-state index in [-0.39, 0.29) is 28.6 Å². The molecule has 0 aromatic heterocycles. The predicted octanol–water partition coefficient (Wildman–Crippen LogP) is 1.67. The van der Waals surface area contributed by atoms with Crippen LogP contribution < -0.4 is 14.2 Å². The smallest absolute Gasteiger partial charge is 0.337 e. The number of esters is 1. The molecule has 2 rings (SSSR count). The number of methoxy groups -OCH3 is 3. The summed E-state index contributed by atoms with van der Waals surface area (Å²) in [7, 11) is 4.06. The van der Waals surface area contributed by atoms with Gasteiger partial charge >= 0.3 is 5.97 Å². The van der Waals surface area contributed by atoms with Crippen LogP contribution in [0.3, 0.4) is 0 Å². The normalized spacial score (nSPS) is 12.8. The highest BCUT2D eigenvalue weighted by atomic mass is 16.5. The molecule has 0 saturated heterocycles. The summed E-state index contributed by atoms with van der Waals surface area (Å²) < 4.78 is 20.6. The fraction of sp³-hybridized carbons (Fsp3) is 0.316. The van der Waals surface area contributed by atoms with Crippen LogP contribution in [0.4, 0.5) is 0 Å². The van der Waals surface area contributed by atoms with Crippen LogP contribution in [0.2, 0.25) is 0 Å². The molecule has 0 amide bonds. The molecule has 2 aromatic rings. The molecule has 0 aliphatic rings. The van der Waals surface area contributed by atoms with Crippen molar-refractivity contribution in [3.05, 3.63) is 47.5 Å². The minimum atomic E-state index is -1.21. The fourth-order valence-corrected chi connectivity index (χ4v) is 2.47. The average molecular weight is 378 g/mol. The van der Waals surface area contributed by atoms with E-state index in [2.05, 4.69) is 4.74 Å². The van der Waals surface area contributed by atoms with Crippen LogP contribution in [0.25, 0.3) is 0 Å². The van der Waals surface area contributed by atoms with E-state index in [0.717, 1.165) is 0 Å². The van der Waals surface area contributed by atoms with Crippen molar-refractivity contribution in [1.82, 2.24) is 0 Å². The van der Waals surface area contributed by atoms with Crippen LogP contribution in [-0.2, 0) is 4.74 Å². The Bertz CT molecular complexity index is 789. The van der Waals surface area contributed by atoms with Gasteiger partial charge in [-0.05, 0) is 35.9 Å². The maximum absolute atomic E-state index is 11.6. The van der Waals surface area contributed by atoms with Gasteiger partial charge < -0.3 is 34.3 Å². The van der Waals surface area contributed by atoms with Gasteiger partial charge in [-0.1, -0.05) is 6.07 Å². The van der Waals surface area contributed by atoms with Crippen LogP contribution in [0.5, 0.6) is 23.0 Å². The van der Waals surface area contributed by atoms with Crippen LogP contribution in [0.15, 0.2) is 36.4 Å². The van der Waals surface area contributed by atoms with Gasteiger partial charge in [-0.2, -0.15) is 0 Å². The van der Waals surface area contributed by atoms with E-state index in [4.69, 9.17) is 14.2 Å².